The van der Waals surface area contributed by atoms with Crippen molar-refractivity contribution in [2.75, 3.05) is 18.4 Å². The summed E-state index contributed by atoms with van der Waals surface area (Å²) in [7, 11) is 0. The van der Waals surface area contributed by atoms with Crippen LogP contribution in [0.4, 0.5) is 5.69 Å². The Kier molecular flexibility index (Phi) is 5.67. The third-order valence-corrected chi connectivity index (χ3v) is 4.72. The van der Waals surface area contributed by atoms with Gasteiger partial charge in [-0.3, -0.25) is 9.78 Å². The zero-order valence-electron chi connectivity index (χ0n) is 13.1. The lowest BCUT2D eigenvalue weighted by molar-refractivity contribution is -0.120. The molecule has 0 aliphatic heterocycles. The van der Waals surface area contributed by atoms with Crippen LogP contribution in [0.15, 0.2) is 48.0 Å². The normalized spacial score (nSPS) is 10.7. The van der Waals surface area contributed by atoms with Crippen molar-refractivity contribution in [3.8, 4) is 0 Å². The maximum Gasteiger partial charge on any atom is 0.225 e. The van der Waals surface area contributed by atoms with E-state index in [0.717, 1.165) is 34.4 Å². The van der Waals surface area contributed by atoms with Crippen molar-refractivity contribution in [1.29, 1.82) is 0 Å². The van der Waals surface area contributed by atoms with Crippen LogP contribution in [0.2, 0.25) is 5.02 Å². The van der Waals surface area contributed by atoms with Gasteiger partial charge in [0.25, 0.3) is 0 Å². The summed E-state index contributed by atoms with van der Waals surface area (Å²) in [5, 5.41) is 10.1. The van der Waals surface area contributed by atoms with E-state index in [1.54, 1.807) is 17.5 Å². The number of carbonyl (C=O) groups is 1. The number of benzene rings is 1. The average Bonchev–Trinajstić information content (AvgIpc) is 3.07. The average molecular weight is 360 g/mol. The summed E-state index contributed by atoms with van der Waals surface area (Å²) in [5.74, 6) is 0.0708. The minimum Gasteiger partial charge on any atom is -0.384 e. The van der Waals surface area contributed by atoms with Gasteiger partial charge < -0.3 is 10.6 Å². The Balaban J connectivity index is 1.44. The van der Waals surface area contributed by atoms with Crippen LogP contribution in [-0.2, 0) is 11.2 Å². The third kappa shape index (κ3) is 4.46. The Morgan fingerprint density at radius 3 is 2.96 bits per heavy atom. The molecule has 2 N–H and O–H groups in total. The molecule has 0 unspecified atom stereocenters. The van der Waals surface area contributed by atoms with Crippen LogP contribution in [-0.4, -0.2) is 24.0 Å². The van der Waals surface area contributed by atoms with Crippen LogP contribution in [0.3, 0.4) is 0 Å². The van der Waals surface area contributed by atoms with Gasteiger partial charge in [0, 0.05) is 40.3 Å². The van der Waals surface area contributed by atoms with Crippen LogP contribution in [0.5, 0.6) is 0 Å². The van der Waals surface area contributed by atoms with Crippen LogP contribution in [0.1, 0.15) is 11.3 Å². The predicted molar refractivity (Wildman–Crippen MR) is 101 cm³/mol. The number of amides is 1. The highest BCUT2D eigenvalue weighted by atomic mass is 35.5. The first kappa shape index (κ1) is 16.7. The van der Waals surface area contributed by atoms with Gasteiger partial charge in [0.05, 0.1) is 11.9 Å². The van der Waals surface area contributed by atoms with Crippen molar-refractivity contribution in [3.05, 3.63) is 57.9 Å². The summed E-state index contributed by atoms with van der Waals surface area (Å²) in [6.07, 6.45) is 3.08. The van der Waals surface area contributed by atoms with E-state index in [2.05, 4.69) is 15.6 Å². The van der Waals surface area contributed by atoms with Gasteiger partial charge in [0.15, 0.2) is 0 Å². The molecule has 0 bridgehead atoms. The summed E-state index contributed by atoms with van der Waals surface area (Å²) in [6, 6.07) is 11.6. The highest BCUT2D eigenvalue weighted by Gasteiger charge is 2.04. The molecule has 0 aliphatic rings. The molecule has 4 nitrogen and oxygen atoms in total. The van der Waals surface area contributed by atoms with Gasteiger partial charge in [0.1, 0.15) is 0 Å². The van der Waals surface area contributed by atoms with E-state index in [-0.39, 0.29) is 5.91 Å². The maximum atomic E-state index is 11.8. The minimum atomic E-state index is 0.0708. The zero-order chi connectivity index (χ0) is 16.8. The lowest BCUT2D eigenvalue weighted by Crippen LogP contribution is -2.27. The van der Waals surface area contributed by atoms with E-state index < -0.39 is 0 Å². The molecule has 0 saturated carbocycles. The number of carbonyl (C=O) groups excluding carboxylic acids is 1. The number of hydrogen-bond donors (Lipinski definition) is 2. The summed E-state index contributed by atoms with van der Waals surface area (Å²) >= 11 is 7.60. The minimum absolute atomic E-state index is 0.0708. The molecule has 6 heteroatoms. The van der Waals surface area contributed by atoms with Crippen molar-refractivity contribution in [2.24, 2.45) is 0 Å². The zero-order valence-corrected chi connectivity index (χ0v) is 14.7. The molecule has 124 valence electrons. The van der Waals surface area contributed by atoms with Gasteiger partial charge in [0.2, 0.25) is 5.91 Å². The van der Waals surface area contributed by atoms with Gasteiger partial charge in [-0.25, -0.2) is 0 Å². The highest BCUT2D eigenvalue weighted by Crippen LogP contribution is 2.24. The van der Waals surface area contributed by atoms with E-state index in [0.29, 0.717) is 18.0 Å². The first-order chi connectivity index (χ1) is 11.7. The Morgan fingerprint density at radius 1 is 1.21 bits per heavy atom. The van der Waals surface area contributed by atoms with Gasteiger partial charge in [-0.05, 0) is 42.1 Å². The molecule has 24 heavy (non-hydrogen) atoms. The van der Waals surface area contributed by atoms with Crippen LogP contribution < -0.4 is 10.6 Å². The van der Waals surface area contributed by atoms with Crippen LogP contribution in [0, 0.1) is 0 Å². The Bertz CT molecular complexity index is 820. The van der Waals surface area contributed by atoms with E-state index in [9.17, 15) is 4.79 Å². The number of nitrogens with one attached hydrogen (secondary N) is 2. The summed E-state index contributed by atoms with van der Waals surface area (Å²) in [4.78, 5) is 17.2. The maximum absolute atomic E-state index is 11.8. The summed E-state index contributed by atoms with van der Waals surface area (Å²) < 4.78 is 0. The van der Waals surface area contributed by atoms with Crippen molar-refractivity contribution in [2.45, 2.75) is 12.8 Å². The van der Waals surface area contributed by atoms with E-state index in [1.807, 2.05) is 41.8 Å². The molecule has 0 fully saturated rings. The number of aromatic nitrogens is 1. The molecule has 3 aromatic rings. The Labute approximate surface area is 149 Å². The summed E-state index contributed by atoms with van der Waals surface area (Å²) in [5.41, 5.74) is 1.90. The molecule has 0 aliphatic carbocycles. The van der Waals surface area contributed by atoms with Gasteiger partial charge in [-0.2, -0.15) is 0 Å². The lowest BCUT2D eigenvalue weighted by atomic mass is 10.2. The SMILES string of the molecule is O=C(Cc1cccs1)NCCCNc1ccnc2cc(Cl)ccc12. The first-order valence-electron chi connectivity index (χ1n) is 7.79. The molecular formula is C18H18ClN3OS. The topological polar surface area (TPSA) is 54.0 Å². The van der Waals surface area contributed by atoms with Crippen LogP contribution in [0.25, 0.3) is 10.9 Å². The lowest BCUT2D eigenvalue weighted by Gasteiger charge is -2.10. The fourth-order valence-electron chi connectivity index (χ4n) is 2.45. The standard InChI is InChI=1S/C18H18ClN3OS/c19-13-4-5-15-16(6-9-21-17(15)11-13)20-7-2-8-22-18(23)12-14-3-1-10-24-14/h1,3-6,9-11H,2,7-8,12H2,(H,20,21)(H,22,23). The molecule has 0 saturated heterocycles. The van der Waals surface area contributed by atoms with Crippen molar-refractivity contribution in [3.63, 3.8) is 0 Å². The van der Waals surface area contributed by atoms with Crippen molar-refractivity contribution < 1.29 is 4.79 Å². The number of fused-ring (bicyclic) bond motifs is 1. The third-order valence-electron chi connectivity index (χ3n) is 3.61. The number of anilines is 1. The molecule has 1 amide bonds. The van der Waals surface area contributed by atoms with Gasteiger partial charge in [-0.15, -0.1) is 11.3 Å². The molecule has 0 radical (unpaired) electrons. The predicted octanol–water partition coefficient (Wildman–Crippen LogP) is 4.11. The van der Waals surface area contributed by atoms with E-state index in [1.165, 1.54) is 0 Å². The number of thiophene rings is 1. The monoisotopic (exact) mass is 359 g/mol. The molecule has 0 atom stereocenters. The fraction of sp³-hybridized carbons (Fsp3) is 0.222. The van der Waals surface area contributed by atoms with Crippen molar-refractivity contribution in [1.82, 2.24) is 10.3 Å². The fourth-order valence-corrected chi connectivity index (χ4v) is 3.32. The second-order valence-corrected chi connectivity index (χ2v) is 6.88. The Hall–Kier alpha value is -2.11. The molecule has 2 aromatic heterocycles. The van der Waals surface area contributed by atoms with Gasteiger partial charge >= 0.3 is 0 Å². The second kappa shape index (κ2) is 8.13. The van der Waals surface area contributed by atoms with E-state index in [4.69, 9.17) is 11.6 Å². The molecular weight excluding hydrogens is 342 g/mol. The van der Waals surface area contributed by atoms with Crippen molar-refractivity contribution >= 4 is 45.4 Å². The van der Waals surface area contributed by atoms with Crippen LogP contribution >= 0.6 is 22.9 Å². The van der Waals surface area contributed by atoms with Gasteiger partial charge in [-0.1, -0.05) is 17.7 Å². The summed E-state index contributed by atoms with van der Waals surface area (Å²) in [6.45, 7) is 1.44. The number of nitrogens with zero attached hydrogens (tertiary/aromatic N) is 1. The first-order valence-corrected chi connectivity index (χ1v) is 9.05. The quantitative estimate of drug-likeness (QED) is 0.624. The largest absolute Gasteiger partial charge is 0.384 e. The number of hydrogen-bond acceptors (Lipinski definition) is 4. The molecule has 0 spiro atoms. The number of pyridine rings is 1. The smallest absolute Gasteiger partial charge is 0.225 e. The number of rotatable bonds is 7. The Morgan fingerprint density at radius 2 is 2.12 bits per heavy atom. The number of halogens is 1. The molecule has 3 rings (SSSR count). The highest BCUT2D eigenvalue weighted by molar-refractivity contribution is 7.10. The second-order valence-electron chi connectivity index (χ2n) is 5.41. The van der Waals surface area contributed by atoms with E-state index >= 15 is 0 Å². The molecule has 1 aromatic carbocycles. The molecule has 2 heterocycles.